The van der Waals surface area contributed by atoms with Crippen molar-refractivity contribution in [2.75, 3.05) is 0 Å². The summed E-state index contributed by atoms with van der Waals surface area (Å²) in [7, 11) is 0. The lowest BCUT2D eigenvalue weighted by Gasteiger charge is -2.25. The molecule has 1 aliphatic rings. The minimum Gasteiger partial charge on any atom is -0.0587 e. The molecule has 0 aromatic heterocycles. The monoisotopic (exact) mass is 248 g/mol. The van der Waals surface area contributed by atoms with Gasteiger partial charge in [-0.3, -0.25) is 0 Å². The van der Waals surface area contributed by atoms with Crippen LogP contribution in [0.2, 0.25) is 0 Å². The van der Waals surface area contributed by atoms with E-state index >= 15 is 0 Å². The number of aryl methyl sites for hydroxylation is 2. The van der Waals surface area contributed by atoms with Crippen LogP contribution in [-0.4, -0.2) is 0 Å². The summed E-state index contributed by atoms with van der Waals surface area (Å²) in [5, 5.41) is 0. The Morgan fingerprint density at radius 1 is 0.789 bits per heavy atom. The van der Waals surface area contributed by atoms with Gasteiger partial charge >= 0.3 is 0 Å². The maximum absolute atomic E-state index is 2.35. The quantitative estimate of drug-likeness (QED) is 0.656. The molecule has 3 rings (SSSR count). The van der Waals surface area contributed by atoms with Crippen molar-refractivity contribution in [2.45, 2.75) is 33.1 Å². The van der Waals surface area contributed by atoms with Gasteiger partial charge in [-0.25, -0.2) is 0 Å². The van der Waals surface area contributed by atoms with Crippen molar-refractivity contribution >= 4 is 11.6 Å². The Balaban J connectivity index is 2.13. The Kier molecular flexibility index (Phi) is 2.63. The maximum Gasteiger partial charge on any atom is 0.0158 e. The van der Waals surface area contributed by atoms with Crippen LogP contribution in [0.15, 0.2) is 42.5 Å². The highest BCUT2D eigenvalue weighted by atomic mass is 14.4. The van der Waals surface area contributed by atoms with Crippen molar-refractivity contribution in [3.63, 3.8) is 0 Å². The lowest BCUT2D eigenvalue weighted by atomic mass is 9.78. The summed E-state index contributed by atoms with van der Waals surface area (Å²) in [5.74, 6) is 0. The molecule has 19 heavy (non-hydrogen) atoms. The summed E-state index contributed by atoms with van der Waals surface area (Å²) in [4.78, 5) is 0. The van der Waals surface area contributed by atoms with Crippen LogP contribution in [0.3, 0.4) is 0 Å². The van der Waals surface area contributed by atoms with E-state index in [9.17, 15) is 0 Å². The van der Waals surface area contributed by atoms with E-state index in [1.54, 1.807) is 0 Å². The van der Waals surface area contributed by atoms with E-state index in [1.807, 2.05) is 0 Å². The lowest BCUT2D eigenvalue weighted by molar-refractivity contribution is 0.703. The Morgan fingerprint density at radius 2 is 1.42 bits per heavy atom. The van der Waals surface area contributed by atoms with Crippen LogP contribution in [0.25, 0.3) is 11.6 Å². The maximum atomic E-state index is 2.35. The molecular weight excluding hydrogens is 228 g/mol. The van der Waals surface area contributed by atoms with Crippen LogP contribution >= 0.6 is 0 Å². The van der Waals surface area contributed by atoms with Crippen LogP contribution in [-0.2, 0) is 5.41 Å². The second-order valence-corrected chi connectivity index (χ2v) is 6.14. The third-order valence-electron chi connectivity index (χ3n) is 4.22. The molecule has 0 fully saturated rings. The minimum absolute atomic E-state index is 0.0939. The third-order valence-corrected chi connectivity index (χ3v) is 4.22. The van der Waals surface area contributed by atoms with Crippen molar-refractivity contribution in [1.29, 1.82) is 0 Å². The van der Waals surface area contributed by atoms with Crippen LogP contribution in [0, 0.1) is 13.8 Å². The summed E-state index contributed by atoms with van der Waals surface area (Å²) >= 11 is 0. The molecule has 0 amide bonds. The molecule has 0 aliphatic heterocycles. The first-order chi connectivity index (χ1) is 8.98. The number of allylic oxidation sites excluding steroid dienone is 1. The van der Waals surface area contributed by atoms with Crippen molar-refractivity contribution in [1.82, 2.24) is 0 Å². The third kappa shape index (κ3) is 1.92. The Morgan fingerprint density at radius 3 is 2.11 bits per heavy atom. The Labute approximate surface area is 115 Å². The topological polar surface area (TPSA) is 0 Å². The van der Waals surface area contributed by atoms with E-state index in [0.717, 1.165) is 0 Å². The van der Waals surface area contributed by atoms with Crippen molar-refractivity contribution < 1.29 is 0 Å². The van der Waals surface area contributed by atoms with Gasteiger partial charge in [0, 0.05) is 5.41 Å². The first kappa shape index (κ1) is 12.2. The van der Waals surface area contributed by atoms with Crippen LogP contribution in [0.5, 0.6) is 0 Å². The van der Waals surface area contributed by atoms with Gasteiger partial charge in [-0.15, -0.1) is 0 Å². The fraction of sp³-hybridized carbons (Fsp3) is 0.263. The average molecular weight is 248 g/mol. The van der Waals surface area contributed by atoms with E-state index < -0.39 is 0 Å². The van der Waals surface area contributed by atoms with E-state index in [4.69, 9.17) is 0 Å². The van der Waals surface area contributed by atoms with Crippen LogP contribution in [0.1, 0.15) is 41.7 Å². The number of rotatable bonds is 1. The first-order valence-corrected chi connectivity index (χ1v) is 6.89. The molecule has 0 heteroatoms. The molecule has 0 unspecified atom stereocenters. The Hall–Kier alpha value is -1.82. The summed E-state index contributed by atoms with van der Waals surface area (Å²) in [6, 6.07) is 15.6. The van der Waals surface area contributed by atoms with Gasteiger partial charge in [0.2, 0.25) is 0 Å². The van der Waals surface area contributed by atoms with Crippen LogP contribution in [0.4, 0.5) is 0 Å². The van der Waals surface area contributed by atoms with E-state index in [0.29, 0.717) is 0 Å². The van der Waals surface area contributed by atoms with Gasteiger partial charge in [0.25, 0.3) is 0 Å². The molecule has 0 nitrogen and oxygen atoms in total. The second kappa shape index (κ2) is 4.09. The molecule has 96 valence electrons. The predicted molar refractivity (Wildman–Crippen MR) is 83.3 cm³/mol. The standard InChI is InChI=1S/C19H20/c1-13-5-8-15(9-6-13)18-12-16-10-7-14(2)11-17(16)19(18,3)4/h5-12H,1-4H3. The van der Waals surface area contributed by atoms with E-state index in [-0.39, 0.29) is 5.41 Å². The van der Waals surface area contributed by atoms with Crippen LogP contribution < -0.4 is 0 Å². The summed E-state index contributed by atoms with van der Waals surface area (Å²) < 4.78 is 0. The molecule has 0 saturated heterocycles. The molecule has 0 N–H and O–H groups in total. The SMILES string of the molecule is Cc1ccc(C2=Cc3ccc(C)cc3C2(C)C)cc1. The van der Waals surface area contributed by atoms with Gasteiger partial charge in [-0.05, 0) is 42.2 Å². The zero-order valence-electron chi connectivity index (χ0n) is 12.1. The predicted octanol–water partition coefficient (Wildman–Crippen LogP) is 5.14. The molecule has 2 aromatic carbocycles. The van der Waals surface area contributed by atoms with Gasteiger partial charge in [0.05, 0.1) is 0 Å². The molecule has 0 radical (unpaired) electrons. The first-order valence-electron chi connectivity index (χ1n) is 6.89. The lowest BCUT2D eigenvalue weighted by Crippen LogP contribution is -2.16. The molecule has 0 bridgehead atoms. The summed E-state index contributed by atoms with van der Waals surface area (Å²) in [6.07, 6.45) is 2.35. The smallest absolute Gasteiger partial charge is 0.0158 e. The highest BCUT2D eigenvalue weighted by molar-refractivity contribution is 5.93. The fourth-order valence-corrected chi connectivity index (χ4v) is 3.00. The molecule has 0 saturated carbocycles. The normalized spacial score (nSPS) is 16.1. The highest BCUT2D eigenvalue weighted by Crippen LogP contribution is 2.46. The minimum atomic E-state index is 0.0939. The molecule has 1 aliphatic carbocycles. The van der Waals surface area contributed by atoms with E-state index in [1.165, 1.54) is 33.4 Å². The van der Waals surface area contributed by atoms with Gasteiger partial charge in [0.15, 0.2) is 0 Å². The fourth-order valence-electron chi connectivity index (χ4n) is 3.00. The largest absolute Gasteiger partial charge is 0.0587 e. The molecule has 0 heterocycles. The molecule has 2 aromatic rings. The average Bonchev–Trinajstić information content (AvgIpc) is 2.63. The molecule has 0 atom stereocenters. The van der Waals surface area contributed by atoms with Crippen molar-refractivity contribution in [2.24, 2.45) is 0 Å². The van der Waals surface area contributed by atoms with Crippen molar-refractivity contribution in [3.05, 3.63) is 70.3 Å². The Bertz CT molecular complexity index is 655. The number of benzene rings is 2. The van der Waals surface area contributed by atoms with Gasteiger partial charge in [-0.1, -0.05) is 67.4 Å². The van der Waals surface area contributed by atoms with Gasteiger partial charge in [-0.2, -0.15) is 0 Å². The highest BCUT2D eigenvalue weighted by Gasteiger charge is 2.33. The van der Waals surface area contributed by atoms with Crippen molar-refractivity contribution in [3.8, 4) is 0 Å². The molecular formula is C19H20. The summed E-state index contributed by atoms with van der Waals surface area (Å²) in [5.41, 5.74) is 8.32. The number of hydrogen-bond acceptors (Lipinski definition) is 0. The molecule has 0 spiro atoms. The number of hydrogen-bond donors (Lipinski definition) is 0. The van der Waals surface area contributed by atoms with E-state index in [2.05, 4.69) is 76.2 Å². The van der Waals surface area contributed by atoms with Gasteiger partial charge < -0.3 is 0 Å². The van der Waals surface area contributed by atoms with Gasteiger partial charge in [0.1, 0.15) is 0 Å². The summed E-state index contributed by atoms with van der Waals surface area (Å²) in [6.45, 7) is 8.95. The number of fused-ring (bicyclic) bond motifs is 1. The zero-order chi connectivity index (χ0) is 13.6. The zero-order valence-corrected chi connectivity index (χ0v) is 12.1. The second-order valence-electron chi connectivity index (χ2n) is 6.14.